The number of nitriles is 1. The highest BCUT2D eigenvalue weighted by atomic mass is 79.9. The van der Waals surface area contributed by atoms with Crippen molar-refractivity contribution < 1.29 is 14.6 Å². The molecule has 1 aromatic heterocycles. The Kier molecular flexibility index (Phi) is 4.78. The molecule has 0 saturated carbocycles. The summed E-state index contributed by atoms with van der Waals surface area (Å²) >= 11 is 3.43. The third-order valence-corrected chi connectivity index (χ3v) is 5.25. The van der Waals surface area contributed by atoms with E-state index in [2.05, 4.69) is 27.1 Å². The Morgan fingerprint density at radius 2 is 2.00 bits per heavy atom. The molecule has 2 aromatic carbocycles. The van der Waals surface area contributed by atoms with Crippen molar-refractivity contribution in [3.8, 4) is 29.1 Å². The highest BCUT2D eigenvalue weighted by Gasteiger charge is 2.33. The minimum Gasteiger partial charge on any atom is -0.504 e. The zero-order valence-electron chi connectivity index (χ0n) is 15.7. The van der Waals surface area contributed by atoms with Gasteiger partial charge in [0.25, 0.3) is 0 Å². The second-order valence-corrected chi connectivity index (χ2v) is 7.40. The number of fused-ring (bicyclic) bond motifs is 1. The lowest BCUT2D eigenvalue weighted by atomic mass is 9.91. The van der Waals surface area contributed by atoms with Gasteiger partial charge < -0.3 is 14.6 Å². The summed E-state index contributed by atoms with van der Waals surface area (Å²) in [5.74, 6) is 0.763. The number of rotatable bonds is 3. The Balaban J connectivity index is 1.97. The molecule has 1 atom stereocenters. The summed E-state index contributed by atoms with van der Waals surface area (Å²) in [7, 11) is 1.47. The first-order valence-electron chi connectivity index (χ1n) is 8.74. The molecule has 7 nitrogen and oxygen atoms in total. The van der Waals surface area contributed by atoms with E-state index in [9.17, 15) is 10.4 Å². The van der Waals surface area contributed by atoms with E-state index in [1.807, 2.05) is 31.2 Å². The van der Waals surface area contributed by atoms with E-state index in [1.165, 1.54) is 13.2 Å². The van der Waals surface area contributed by atoms with Crippen LogP contribution in [0.2, 0.25) is 0 Å². The lowest BCUT2D eigenvalue weighted by Gasteiger charge is -2.25. The van der Waals surface area contributed by atoms with Crippen LogP contribution in [0, 0.1) is 18.3 Å². The molecule has 3 aromatic rings. The summed E-state index contributed by atoms with van der Waals surface area (Å²) in [5.41, 5.74) is 9.91. The second-order valence-electron chi connectivity index (χ2n) is 6.48. The minimum atomic E-state index is -0.951. The van der Waals surface area contributed by atoms with Crippen LogP contribution in [-0.4, -0.2) is 28.2 Å². The van der Waals surface area contributed by atoms with E-state index in [1.54, 1.807) is 16.8 Å². The topological polar surface area (TPSA) is 106 Å². The molecule has 0 saturated heterocycles. The Labute approximate surface area is 175 Å². The molecule has 1 aliphatic heterocycles. The second kappa shape index (κ2) is 7.28. The molecule has 146 valence electrons. The Hall–Kier alpha value is -3.28. The van der Waals surface area contributed by atoms with Crippen LogP contribution >= 0.6 is 15.9 Å². The number of nitrogens with two attached hydrogens (primary N) is 1. The maximum Gasteiger partial charge on any atom is 0.226 e. The molecule has 4 rings (SSSR count). The number of benzene rings is 2. The van der Waals surface area contributed by atoms with Crippen molar-refractivity contribution in [2.24, 2.45) is 5.73 Å². The van der Waals surface area contributed by atoms with Crippen LogP contribution in [0.25, 0.3) is 11.3 Å². The van der Waals surface area contributed by atoms with Gasteiger partial charge in [-0.3, -0.25) is 5.73 Å². The molecule has 2 heterocycles. The number of hydrogen-bond donors (Lipinski definition) is 2. The number of nitrogens with zero attached hydrogens (tertiary/aromatic N) is 3. The van der Waals surface area contributed by atoms with E-state index in [0.717, 1.165) is 10.2 Å². The van der Waals surface area contributed by atoms with Gasteiger partial charge in [-0.05, 0) is 48.9 Å². The number of aryl methyl sites for hydroxylation is 1. The third-order valence-electron chi connectivity index (χ3n) is 4.72. The van der Waals surface area contributed by atoms with Crippen LogP contribution < -0.4 is 15.2 Å². The van der Waals surface area contributed by atoms with Crippen molar-refractivity contribution in [2.75, 3.05) is 7.11 Å². The van der Waals surface area contributed by atoms with Crippen LogP contribution in [0.5, 0.6) is 17.4 Å². The molecular formula is C21H17BrN4O3. The van der Waals surface area contributed by atoms with Crippen molar-refractivity contribution in [3.05, 3.63) is 69.3 Å². The average molecular weight is 453 g/mol. The number of ether oxygens (including phenoxy) is 2. The zero-order valence-corrected chi connectivity index (χ0v) is 17.3. The van der Waals surface area contributed by atoms with E-state index in [0.29, 0.717) is 34.0 Å². The van der Waals surface area contributed by atoms with E-state index in [-0.39, 0.29) is 11.3 Å². The summed E-state index contributed by atoms with van der Waals surface area (Å²) in [4.78, 5) is 0. The number of halogens is 1. The monoisotopic (exact) mass is 452 g/mol. The fourth-order valence-corrected chi connectivity index (χ4v) is 3.63. The lowest BCUT2D eigenvalue weighted by molar-refractivity contribution is 0.228. The molecule has 29 heavy (non-hydrogen) atoms. The summed E-state index contributed by atoms with van der Waals surface area (Å²) in [6.07, 6.45) is -0.951. The van der Waals surface area contributed by atoms with Gasteiger partial charge in [0.2, 0.25) is 5.88 Å². The van der Waals surface area contributed by atoms with Gasteiger partial charge in [0, 0.05) is 10.0 Å². The van der Waals surface area contributed by atoms with Gasteiger partial charge in [0.1, 0.15) is 6.07 Å². The van der Waals surface area contributed by atoms with Crippen LogP contribution in [0.3, 0.4) is 0 Å². The summed E-state index contributed by atoms with van der Waals surface area (Å²) in [6, 6.07) is 14.7. The van der Waals surface area contributed by atoms with Crippen molar-refractivity contribution >= 4 is 21.5 Å². The minimum absolute atomic E-state index is 0.00854. The van der Waals surface area contributed by atoms with E-state index < -0.39 is 6.23 Å². The first kappa shape index (κ1) is 19.1. The fraction of sp³-hybridized carbons (Fsp3) is 0.143. The van der Waals surface area contributed by atoms with E-state index >= 15 is 0 Å². The van der Waals surface area contributed by atoms with Crippen LogP contribution in [0.1, 0.15) is 16.8 Å². The number of phenols is 1. The SMILES string of the molecule is COc1cc(C2=C(C#N)[C@@H](N)Oc3c2c(C)nn3-c2ccc(Br)cc2)ccc1O. The number of aromatic nitrogens is 2. The standard InChI is InChI=1S/C21H17BrN4O3/c1-11-18-19(12-3-8-16(27)17(9-12)28-2)15(10-23)20(24)29-21(18)26(25-11)14-6-4-13(22)5-7-14/h3-9,20,27H,24H2,1-2H3/t20-/m0/s1. The summed E-state index contributed by atoms with van der Waals surface area (Å²) < 4.78 is 13.8. The highest BCUT2D eigenvalue weighted by Crippen LogP contribution is 2.43. The van der Waals surface area contributed by atoms with Crippen molar-refractivity contribution in [1.29, 1.82) is 5.26 Å². The van der Waals surface area contributed by atoms with Gasteiger partial charge in [-0.15, -0.1) is 0 Å². The number of hydrogen-bond acceptors (Lipinski definition) is 6. The first-order valence-corrected chi connectivity index (χ1v) is 9.53. The Morgan fingerprint density at radius 3 is 2.66 bits per heavy atom. The smallest absolute Gasteiger partial charge is 0.226 e. The average Bonchev–Trinajstić information content (AvgIpc) is 3.04. The molecule has 0 spiro atoms. The number of phenolic OH excluding ortho intramolecular Hbond substituents is 1. The van der Waals surface area contributed by atoms with Crippen molar-refractivity contribution in [1.82, 2.24) is 9.78 Å². The molecule has 0 amide bonds. The van der Waals surface area contributed by atoms with Gasteiger partial charge in [0.15, 0.2) is 17.7 Å². The molecule has 3 N–H and O–H groups in total. The quantitative estimate of drug-likeness (QED) is 0.627. The first-order chi connectivity index (χ1) is 13.9. The highest BCUT2D eigenvalue weighted by molar-refractivity contribution is 9.10. The zero-order chi connectivity index (χ0) is 20.7. The molecule has 8 heteroatoms. The molecular weight excluding hydrogens is 436 g/mol. The van der Waals surface area contributed by atoms with E-state index in [4.69, 9.17) is 15.2 Å². The number of aromatic hydroxyl groups is 1. The van der Waals surface area contributed by atoms with Gasteiger partial charge in [-0.2, -0.15) is 10.4 Å². The Bertz CT molecular complexity index is 1180. The molecule has 0 radical (unpaired) electrons. The summed E-state index contributed by atoms with van der Waals surface area (Å²) in [5, 5.41) is 24.3. The normalized spacial score (nSPS) is 15.5. The van der Waals surface area contributed by atoms with Gasteiger partial charge >= 0.3 is 0 Å². The predicted molar refractivity (Wildman–Crippen MR) is 111 cm³/mol. The molecule has 0 bridgehead atoms. The van der Waals surface area contributed by atoms with Crippen LogP contribution in [0.4, 0.5) is 0 Å². The lowest BCUT2D eigenvalue weighted by Crippen LogP contribution is -2.33. The van der Waals surface area contributed by atoms with Crippen molar-refractivity contribution in [3.63, 3.8) is 0 Å². The largest absolute Gasteiger partial charge is 0.504 e. The fourth-order valence-electron chi connectivity index (χ4n) is 3.37. The summed E-state index contributed by atoms with van der Waals surface area (Å²) in [6.45, 7) is 1.85. The number of methoxy groups -OCH3 is 1. The molecule has 0 unspecified atom stereocenters. The van der Waals surface area contributed by atoms with Gasteiger partial charge in [-0.1, -0.05) is 22.0 Å². The Morgan fingerprint density at radius 1 is 1.28 bits per heavy atom. The van der Waals surface area contributed by atoms with Crippen LogP contribution in [-0.2, 0) is 0 Å². The van der Waals surface area contributed by atoms with Crippen molar-refractivity contribution in [2.45, 2.75) is 13.2 Å². The maximum absolute atomic E-state index is 9.96. The molecule has 0 fully saturated rings. The molecule has 0 aliphatic carbocycles. The van der Waals surface area contributed by atoms with Gasteiger partial charge in [-0.25, -0.2) is 4.68 Å². The maximum atomic E-state index is 9.96. The molecule has 1 aliphatic rings. The third kappa shape index (κ3) is 3.14. The van der Waals surface area contributed by atoms with Gasteiger partial charge in [0.05, 0.1) is 29.6 Å². The predicted octanol–water partition coefficient (Wildman–Crippen LogP) is 3.66. The van der Waals surface area contributed by atoms with Crippen LogP contribution in [0.15, 0.2) is 52.5 Å².